The summed E-state index contributed by atoms with van der Waals surface area (Å²) < 4.78 is 0. The number of fused-ring (bicyclic) bond motifs is 1. The lowest BCUT2D eigenvalue weighted by molar-refractivity contribution is 0.200. The first-order chi connectivity index (χ1) is 12.3. The summed E-state index contributed by atoms with van der Waals surface area (Å²) in [7, 11) is 0. The van der Waals surface area contributed by atoms with Crippen LogP contribution in [0.3, 0.4) is 0 Å². The van der Waals surface area contributed by atoms with Gasteiger partial charge < -0.3 is 10.2 Å². The largest absolute Gasteiger partial charge is 0.323 e. The van der Waals surface area contributed by atoms with E-state index in [2.05, 4.69) is 15.2 Å². The van der Waals surface area contributed by atoms with Gasteiger partial charge in [0.25, 0.3) is 0 Å². The third-order valence-electron chi connectivity index (χ3n) is 5.17. The number of hydrogen-bond donors (Lipinski definition) is 1. The zero-order valence-electron chi connectivity index (χ0n) is 14.4. The van der Waals surface area contributed by atoms with E-state index in [1.165, 1.54) is 19.4 Å². The van der Waals surface area contributed by atoms with Gasteiger partial charge in [-0.1, -0.05) is 30.3 Å². The van der Waals surface area contributed by atoms with Gasteiger partial charge in [-0.3, -0.25) is 9.88 Å². The molecule has 3 heterocycles. The van der Waals surface area contributed by atoms with Gasteiger partial charge in [-0.25, -0.2) is 4.79 Å². The molecule has 0 spiro atoms. The van der Waals surface area contributed by atoms with Crippen molar-refractivity contribution in [3.8, 4) is 11.3 Å². The molecule has 0 saturated carbocycles. The van der Waals surface area contributed by atoms with E-state index in [0.717, 1.165) is 43.0 Å². The van der Waals surface area contributed by atoms with Gasteiger partial charge in [-0.2, -0.15) is 0 Å². The fourth-order valence-electron chi connectivity index (χ4n) is 3.87. The summed E-state index contributed by atoms with van der Waals surface area (Å²) in [5.41, 5.74) is 2.72. The zero-order valence-corrected chi connectivity index (χ0v) is 14.4. The van der Waals surface area contributed by atoms with Gasteiger partial charge in [0.1, 0.15) is 0 Å². The van der Waals surface area contributed by atoms with Crippen molar-refractivity contribution in [1.29, 1.82) is 0 Å². The van der Waals surface area contributed by atoms with Crippen LogP contribution in [0.15, 0.2) is 48.7 Å². The van der Waals surface area contributed by atoms with Crippen molar-refractivity contribution in [2.45, 2.75) is 25.3 Å². The minimum Gasteiger partial charge on any atom is -0.323 e. The van der Waals surface area contributed by atoms with Gasteiger partial charge in [0, 0.05) is 43.1 Å². The number of nitrogens with zero attached hydrogens (tertiary/aromatic N) is 3. The van der Waals surface area contributed by atoms with Crippen LogP contribution in [-0.2, 0) is 0 Å². The molecule has 1 aromatic heterocycles. The number of rotatable bonds is 2. The van der Waals surface area contributed by atoms with Gasteiger partial charge >= 0.3 is 6.03 Å². The predicted molar refractivity (Wildman–Crippen MR) is 99.5 cm³/mol. The third-order valence-corrected chi connectivity index (χ3v) is 5.17. The Morgan fingerprint density at radius 2 is 1.92 bits per heavy atom. The van der Waals surface area contributed by atoms with Crippen LogP contribution in [0.1, 0.15) is 19.3 Å². The highest BCUT2D eigenvalue weighted by Crippen LogP contribution is 2.23. The number of carbonyl (C=O) groups excluding carboxylic acids is 1. The molecule has 25 heavy (non-hydrogen) atoms. The zero-order chi connectivity index (χ0) is 17.1. The highest BCUT2D eigenvalue weighted by Gasteiger charge is 2.30. The van der Waals surface area contributed by atoms with Gasteiger partial charge in [0.15, 0.2) is 0 Å². The van der Waals surface area contributed by atoms with E-state index >= 15 is 0 Å². The average molecular weight is 336 g/mol. The predicted octanol–water partition coefficient (Wildman–Crippen LogP) is 3.45. The SMILES string of the molecule is O=C(Nc1ccnc(-c2ccccc2)c1)N1CCCN2CCCC2C1. The molecule has 0 radical (unpaired) electrons. The van der Waals surface area contributed by atoms with Gasteiger partial charge in [-0.15, -0.1) is 0 Å². The summed E-state index contributed by atoms with van der Waals surface area (Å²) in [6.07, 6.45) is 5.26. The number of aromatic nitrogens is 1. The van der Waals surface area contributed by atoms with Crippen molar-refractivity contribution in [1.82, 2.24) is 14.8 Å². The van der Waals surface area contributed by atoms with Crippen LogP contribution in [0.2, 0.25) is 0 Å². The molecule has 2 aromatic rings. The fraction of sp³-hybridized carbons (Fsp3) is 0.400. The maximum atomic E-state index is 12.7. The Morgan fingerprint density at radius 1 is 1.08 bits per heavy atom. The van der Waals surface area contributed by atoms with E-state index in [0.29, 0.717) is 6.04 Å². The van der Waals surface area contributed by atoms with Crippen molar-refractivity contribution in [2.75, 3.05) is 31.5 Å². The van der Waals surface area contributed by atoms with Crippen LogP contribution < -0.4 is 5.32 Å². The van der Waals surface area contributed by atoms with Crippen molar-refractivity contribution in [2.24, 2.45) is 0 Å². The first kappa shape index (κ1) is 16.1. The van der Waals surface area contributed by atoms with Crippen molar-refractivity contribution < 1.29 is 4.79 Å². The lowest BCUT2D eigenvalue weighted by atomic mass is 10.1. The Labute approximate surface area is 148 Å². The minimum atomic E-state index is -0.000961. The van der Waals surface area contributed by atoms with Crippen LogP contribution in [0.5, 0.6) is 0 Å². The monoisotopic (exact) mass is 336 g/mol. The fourth-order valence-corrected chi connectivity index (χ4v) is 3.87. The van der Waals surface area contributed by atoms with Crippen LogP contribution in [0, 0.1) is 0 Å². The molecular formula is C20H24N4O. The first-order valence-corrected chi connectivity index (χ1v) is 9.11. The highest BCUT2D eigenvalue weighted by atomic mass is 16.2. The summed E-state index contributed by atoms with van der Waals surface area (Å²) in [6.45, 7) is 3.96. The molecule has 5 nitrogen and oxygen atoms in total. The molecule has 2 saturated heterocycles. The van der Waals surface area contributed by atoms with E-state index in [4.69, 9.17) is 0 Å². The molecule has 130 valence electrons. The number of carbonyl (C=O) groups is 1. The molecule has 1 aromatic carbocycles. The molecular weight excluding hydrogens is 312 g/mol. The second-order valence-corrected chi connectivity index (χ2v) is 6.86. The van der Waals surface area contributed by atoms with E-state index < -0.39 is 0 Å². The Kier molecular flexibility index (Phi) is 4.65. The number of pyridine rings is 1. The Bertz CT molecular complexity index is 733. The maximum absolute atomic E-state index is 12.7. The van der Waals surface area contributed by atoms with Crippen LogP contribution in [-0.4, -0.2) is 53.0 Å². The van der Waals surface area contributed by atoms with Crippen molar-refractivity contribution in [3.63, 3.8) is 0 Å². The highest BCUT2D eigenvalue weighted by molar-refractivity contribution is 5.90. The Balaban J connectivity index is 1.45. The molecule has 1 N–H and O–H groups in total. The number of anilines is 1. The number of hydrogen-bond acceptors (Lipinski definition) is 3. The van der Waals surface area contributed by atoms with Crippen LogP contribution in [0.25, 0.3) is 11.3 Å². The minimum absolute atomic E-state index is 0.000961. The average Bonchev–Trinajstić information content (AvgIpc) is 2.99. The van der Waals surface area contributed by atoms with Crippen LogP contribution >= 0.6 is 0 Å². The number of amides is 2. The van der Waals surface area contributed by atoms with Crippen LogP contribution in [0.4, 0.5) is 10.5 Å². The normalized spacial score (nSPS) is 20.8. The summed E-state index contributed by atoms with van der Waals surface area (Å²) in [5.74, 6) is 0. The molecule has 0 bridgehead atoms. The molecule has 5 heteroatoms. The number of urea groups is 1. The van der Waals surface area contributed by atoms with Gasteiger partial charge in [0.05, 0.1) is 5.69 Å². The topological polar surface area (TPSA) is 48.5 Å². The van der Waals surface area contributed by atoms with Crippen molar-refractivity contribution >= 4 is 11.7 Å². The van der Waals surface area contributed by atoms with E-state index in [9.17, 15) is 4.79 Å². The van der Waals surface area contributed by atoms with E-state index in [1.807, 2.05) is 47.4 Å². The molecule has 2 aliphatic rings. The van der Waals surface area contributed by atoms with E-state index in [-0.39, 0.29) is 6.03 Å². The quantitative estimate of drug-likeness (QED) is 0.914. The number of nitrogens with one attached hydrogen (secondary N) is 1. The maximum Gasteiger partial charge on any atom is 0.321 e. The first-order valence-electron chi connectivity index (χ1n) is 9.11. The second kappa shape index (κ2) is 7.23. The molecule has 2 fully saturated rings. The third kappa shape index (κ3) is 3.66. The molecule has 2 amide bonds. The molecule has 0 aliphatic carbocycles. The summed E-state index contributed by atoms with van der Waals surface area (Å²) in [5, 5.41) is 3.06. The van der Waals surface area contributed by atoms with Gasteiger partial charge in [0.2, 0.25) is 0 Å². The molecule has 2 aliphatic heterocycles. The standard InChI is InChI=1S/C20H24N4O/c25-20(24-13-5-12-23-11-4-8-18(23)15-24)22-17-9-10-21-19(14-17)16-6-2-1-3-7-16/h1-3,6-7,9-10,14,18H,4-5,8,11-13,15H2,(H,21,22,25). The Hall–Kier alpha value is -2.40. The smallest absolute Gasteiger partial charge is 0.321 e. The Morgan fingerprint density at radius 3 is 2.80 bits per heavy atom. The summed E-state index contributed by atoms with van der Waals surface area (Å²) in [6, 6.07) is 14.3. The second-order valence-electron chi connectivity index (χ2n) is 6.86. The lowest BCUT2D eigenvalue weighted by Gasteiger charge is -2.25. The lowest BCUT2D eigenvalue weighted by Crippen LogP contribution is -2.41. The molecule has 1 unspecified atom stereocenters. The van der Waals surface area contributed by atoms with E-state index in [1.54, 1.807) is 6.20 Å². The summed E-state index contributed by atoms with van der Waals surface area (Å²) in [4.78, 5) is 21.7. The molecule has 1 atom stereocenters. The number of benzene rings is 1. The summed E-state index contributed by atoms with van der Waals surface area (Å²) >= 11 is 0. The van der Waals surface area contributed by atoms with Crippen molar-refractivity contribution in [3.05, 3.63) is 48.7 Å². The molecule has 4 rings (SSSR count). The van der Waals surface area contributed by atoms with Gasteiger partial charge in [-0.05, 0) is 37.9 Å².